The molecule has 0 atom stereocenters. The number of benzene rings is 2. The van der Waals surface area contributed by atoms with Crippen molar-refractivity contribution in [1.82, 2.24) is 0 Å². The number of carbonyl (C=O) groups is 2. The van der Waals surface area contributed by atoms with Gasteiger partial charge >= 0.3 is 0 Å². The molecule has 1 N–H and O–H groups in total. The molecule has 0 saturated heterocycles. The highest BCUT2D eigenvalue weighted by atomic mass is 35.5. The fourth-order valence-electron chi connectivity index (χ4n) is 3.41. The van der Waals surface area contributed by atoms with E-state index in [2.05, 4.69) is 5.32 Å². The maximum Gasteiger partial charge on any atom is 0.282 e. The molecule has 4 rings (SSSR count). The molecular formula is C23H19ClN2O4S. The predicted molar refractivity (Wildman–Crippen MR) is 123 cm³/mol. The fourth-order valence-corrected chi connectivity index (χ4v) is 4.35. The van der Waals surface area contributed by atoms with E-state index in [-0.39, 0.29) is 5.70 Å². The average Bonchev–Trinajstić information content (AvgIpc) is 3.37. The van der Waals surface area contributed by atoms with E-state index >= 15 is 0 Å². The lowest BCUT2D eigenvalue weighted by atomic mass is 10.1. The standard InChI is InChI=1S/C23H19ClN2O4S/c1-13-15(24)6-4-7-16(13)26-22(27)20(19-8-5-11-31-19)21(23(26)28)25-14-9-10-17(29-2)18(12-14)30-3/h4-12,25H,1-3H3. The Morgan fingerprint density at radius 1 is 0.968 bits per heavy atom. The summed E-state index contributed by atoms with van der Waals surface area (Å²) in [5.41, 5.74) is 2.21. The van der Waals surface area contributed by atoms with E-state index in [0.717, 1.165) is 0 Å². The molecule has 6 nitrogen and oxygen atoms in total. The van der Waals surface area contributed by atoms with Gasteiger partial charge in [-0.15, -0.1) is 11.3 Å². The molecule has 2 heterocycles. The number of halogens is 1. The van der Waals surface area contributed by atoms with Crippen LogP contribution in [0.25, 0.3) is 5.57 Å². The Bertz CT molecular complexity index is 1200. The monoisotopic (exact) mass is 454 g/mol. The van der Waals surface area contributed by atoms with Crippen LogP contribution in [0.2, 0.25) is 5.02 Å². The third-order valence-corrected chi connectivity index (χ3v) is 6.28. The molecule has 0 saturated carbocycles. The van der Waals surface area contributed by atoms with E-state index in [0.29, 0.717) is 43.9 Å². The molecule has 158 valence electrons. The summed E-state index contributed by atoms with van der Waals surface area (Å²) >= 11 is 7.64. The van der Waals surface area contributed by atoms with Crippen molar-refractivity contribution in [3.05, 3.63) is 75.1 Å². The fraction of sp³-hybridized carbons (Fsp3) is 0.130. The van der Waals surface area contributed by atoms with Gasteiger partial charge in [0.2, 0.25) is 0 Å². The zero-order valence-electron chi connectivity index (χ0n) is 17.1. The molecule has 0 spiro atoms. The second kappa shape index (κ2) is 8.45. The Kier molecular flexibility index (Phi) is 5.71. The molecule has 3 aromatic rings. The predicted octanol–water partition coefficient (Wildman–Crippen LogP) is 5.12. The zero-order chi connectivity index (χ0) is 22.1. The van der Waals surface area contributed by atoms with Gasteiger partial charge in [0.1, 0.15) is 5.70 Å². The average molecular weight is 455 g/mol. The van der Waals surface area contributed by atoms with Crippen LogP contribution >= 0.6 is 22.9 Å². The minimum atomic E-state index is -0.450. The zero-order valence-corrected chi connectivity index (χ0v) is 18.6. The molecule has 1 aromatic heterocycles. The number of nitrogens with one attached hydrogen (secondary N) is 1. The molecule has 0 unspecified atom stereocenters. The first kappa shape index (κ1) is 21.0. The van der Waals surface area contributed by atoms with E-state index in [1.165, 1.54) is 23.3 Å². The highest BCUT2D eigenvalue weighted by molar-refractivity contribution is 7.11. The first-order valence-electron chi connectivity index (χ1n) is 9.37. The summed E-state index contributed by atoms with van der Waals surface area (Å²) in [6.07, 6.45) is 0. The first-order chi connectivity index (χ1) is 15.0. The minimum absolute atomic E-state index is 0.194. The van der Waals surface area contributed by atoms with E-state index in [1.54, 1.807) is 50.4 Å². The Hall–Kier alpha value is -3.29. The highest BCUT2D eigenvalue weighted by Crippen LogP contribution is 2.38. The van der Waals surface area contributed by atoms with E-state index in [1.807, 2.05) is 17.5 Å². The van der Waals surface area contributed by atoms with Gasteiger partial charge in [0.25, 0.3) is 11.8 Å². The van der Waals surface area contributed by atoms with Crippen LogP contribution in [-0.4, -0.2) is 26.0 Å². The van der Waals surface area contributed by atoms with E-state index in [4.69, 9.17) is 21.1 Å². The summed E-state index contributed by atoms with van der Waals surface area (Å²) in [5, 5.41) is 5.47. The van der Waals surface area contributed by atoms with Gasteiger partial charge in [0.15, 0.2) is 11.5 Å². The second-order valence-electron chi connectivity index (χ2n) is 6.75. The maximum atomic E-state index is 13.5. The number of rotatable bonds is 6. The summed E-state index contributed by atoms with van der Waals surface area (Å²) < 4.78 is 10.6. The molecule has 0 fully saturated rings. The molecule has 0 radical (unpaired) electrons. The number of hydrogen-bond acceptors (Lipinski definition) is 6. The normalized spacial score (nSPS) is 13.7. The van der Waals surface area contributed by atoms with Gasteiger partial charge in [-0.05, 0) is 48.2 Å². The molecule has 0 bridgehead atoms. The third kappa shape index (κ3) is 3.66. The molecule has 0 aliphatic carbocycles. The lowest BCUT2D eigenvalue weighted by Crippen LogP contribution is -2.33. The number of carbonyl (C=O) groups excluding carboxylic acids is 2. The highest BCUT2D eigenvalue weighted by Gasteiger charge is 2.41. The van der Waals surface area contributed by atoms with Crippen LogP contribution in [-0.2, 0) is 9.59 Å². The van der Waals surface area contributed by atoms with Gasteiger partial charge in [-0.3, -0.25) is 9.59 Å². The minimum Gasteiger partial charge on any atom is -0.493 e. The van der Waals surface area contributed by atoms with Crippen LogP contribution in [0.4, 0.5) is 11.4 Å². The van der Waals surface area contributed by atoms with Crippen molar-refractivity contribution in [2.24, 2.45) is 0 Å². The van der Waals surface area contributed by atoms with Gasteiger partial charge < -0.3 is 14.8 Å². The molecule has 1 aliphatic heterocycles. The maximum absolute atomic E-state index is 13.5. The number of nitrogens with zero attached hydrogens (tertiary/aromatic N) is 1. The van der Waals surface area contributed by atoms with Crippen molar-refractivity contribution < 1.29 is 19.1 Å². The quantitative estimate of drug-likeness (QED) is 0.523. The summed E-state index contributed by atoms with van der Waals surface area (Å²) in [6, 6.07) is 14.0. The molecule has 8 heteroatoms. The van der Waals surface area contributed by atoms with Crippen LogP contribution in [0.5, 0.6) is 11.5 Å². The largest absolute Gasteiger partial charge is 0.493 e. The summed E-state index contributed by atoms with van der Waals surface area (Å²) in [4.78, 5) is 28.8. The van der Waals surface area contributed by atoms with E-state index < -0.39 is 11.8 Å². The number of anilines is 2. The molecule has 1 aliphatic rings. The van der Waals surface area contributed by atoms with Crippen LogP contribution < -0.4 is 19.7 Å². The first-order valence-corrected chi connectivity index (χ1v) is 10.6. The van der Waals surface area contributed by atoms with Crippen LogP contribution in [0, 0.1) is 6.92 Å². The van der Waals surface area contributed by atoms with Gasteiger partial charge in [-0.1, -0.05) is 23.7 Å². The van der Waals surface area contributed by atoms with Crippen molar-refractivity contribution in [2.45, 2.75) is 6.92 Å². The number of hydrogen-bond donors (Lipinski definition) is 1. The van der Waals surface area contributed by atoms with Crippen molar-refractivity contribution in [3.8, 4) is 11.5 Å². The molecule has 31 heavy (non-hydrogen) atoms. The molecule has 2 aromatic carbocycles. The van der Waals surface area contributed by atoms with Gasteiger partial charge in [-0.2, -0.15) is 0 Å². The third-order valence-electron chi connectivity index (χ3n) is 4.98. The number of thiophene rings is 1. The lowest BCUT2D eigenvalue weighted by Gasteiger charge is -2.18. The summed E-state index contributed by atoms with van der Waals surface area (Å²) in [5.74, 6) is 0.213. The van der Waals surface area contributed by atoms with Crippen molar-refractivity contribution >= 4 is 51.7 Å². The van der Waals surface area contributed by atoms with Crippen LogP contribution in [0.3, 0.4) is 0 Å². The van der Waals surface area contributed by atoms with Crippen molar-refractivity contribution in [2.75, 3.05) is 24.4 Å². The van der Waals surface area contributed by atoms with Crippen LogP contribution in [0.1, 0.15) is 10.4 Å². The van der Waals surface area contributed by atoms with E-state index in [9.17, 15) is 9.59 Å². The Labute approximate surface area is 188 Å². The van der Waals surface area contributed by atoms with Gasteiger partial charge in [0.05, 0.1) is 25.5 Å². The van der Waals surface area contributed by atoms with Crippen LogP contribution in [0.15, 0.2) is 59.6 Å². The summed E-state index contributed by atoms with van der Waals surface area (Å²) in [6.45, 7) is 1.78. The number of imide groups is 1. The number of methoxy groups -OCH3 is 2. The topological polar surface area (TPSA) is 67.9 Å². The molecular weight excluding hydrogens is 436 g/mol. The summed E-state index contributed by atoms with van der Waals surface area (Å²) in [7, 11) is 3.08. The number of ether oxygens (including phenoxy) is 2. The van der Waals surface area contributed by atoms with Gasteiger partial charge in [-0.25, -0.2) is 4.90 Å². The van der Waals surface area contributed by atoms with Crippen molar-refractivity contribution in [3.63, 3.8) is 0 Å². The molecule has 2 amide bonds. The lowest BCUT2D eigenvalue weighted by molar-refractivity contribution is -0.120. The SMILES string of the molecule is COc1ccc(NC2=C(c3cccs3)C(=O)N(c3cccc(Cl)c3C)C2=O)cc1OC. The van der Waals surface area contributed by atoms with Gasteiger partial charge in [0, 0.05) is 21.7 Å². The Morgan fingerprint density at radius 3 is 2.42 bits per heavy atom. The smallest absolute Gasteiger partial charge is 0.282 e. The Morgan fingerprint density at radius 2 is 1.74 bits per heavy atom. The Balaban J connectivity index is 1.80. The van der Waals surface area contributed by atoms with Crippen molar-refractivity contribution in [1.29, 1.82) is 0 Å². The second-order valence-corrected chi connectivity index (χ2v) is 8.11. The number of amides is 2.